The molecule has 2 rings (SSSR count). The summed E-state index contributed by atoms with van der Waals surface area (Å²) in [6.45, 7) is 0. The predicted molar refractivity (Wildman–Crippen MR) is 80.1 cm³/mol. The maximum Gasteiger partial charge on any atom is 0.337 e. The fourth-order valence-corrected chi connectivity index (χ4v) is 1.88. The van der Waals surface area contributed by atoms with Crippen molar-refractivity contribution in [3.05, 3.63) is 59.7 Å². The Balaban J connectivity index is 2.00. The van der Waals surface area contributed by atoms with Crippen LogP contribution in [-0.2, 0) is 16.0 Å². The van der Waals surface area contributed by atoms with E-state index in [-0.39, 0.29) is 6.42 Å². The minimum Gasteiger partial charge on any atom is -0.497 e. The number of hydrogen-bond acceptors (Lipinski definition) is 5. The van der Waals surface area contributed by atoms with Crippen LogP contribution in [0.15, 0.2) is 48.5 Å². The number of methoxy groups -OCH3 is 2. The first-order chi connectivity index (χ1) is 10.6. The van der Waals surface area contributed by atoms with Crippen LogP contribution in [0, 0.1) is 0 Å². The molecule has 0 unspecified atom stereocenters. The van der Waals surface area contributed by atoms with Gasteiger partial charge in [-0.1, -0.05) is 18.2 Å². The molecule has 2 aromatic rings. The van der Waals surface area contributed by atoms with E-state index >= 15 is 0 Å². The lowest BCUT2D eigenvalue weighted by molar-refractivity contribution is -0.133. The molecule has 0 amide bonds. The van der Waals surface area contributed by atoms with E-state index in [0.29, 0.717) is 11.3 Å². The van der Waals surface area contributed by atoms with Crippen molar-refractivity contribution >= 4 is 11.9 Å². The van der Waals surface area contributed by atoms with Crippen LogP contribution in [0.2, 0.25) is 0 Å². The van der Waals surface area contributed by atoms with Crippen molar-refractivity contribution < 1.29 is 23.8 Å². The molecule has 22 heavy (non-hydrogen) atoms. The minimum absolute atomic E-state index is 0.131. The summed E-state index contributed by atoms with van der Waals surface area (Å²) in [5.41, 5.74) is 1.15. The number of hydrogen-bond donors (Lipinski definition) is 0. The van der Waals surface area contributed by atoms with Gasteiger partial charge in [0.15, 0.2) is 0 Å². The molecule has 0 saturated carbocycles. The third-order valence-electron chi connectivity index (χ3n) is 2.99. The molecule has 0 heterocycles. The Kier molecular flexibility index (Phi) is 5.14. The van der Waals surface area contributed by atoms with E-state index in [0.717, 1.165) is 11.3 Å². The number of rotatable bonds is 5. The fraction of sp³-hybridized carbons (Fsp3) is 0.176. The molecule has 0 aliphatic heterocycles. The Hall–Kier alpha value is -2.82. The van der Waals surface area contributed by atoms with E-state index in [9.17, 15) is 9.59 Å². The Morgan fingerprint density at radius 3 is 2.32 bits per heavy atom. The van der Waals surface area contributed by atoms with Crippen molar-refractivity contribution in [3.63, 3.8) is 0 Å². The van der Waals surface area contributed by atoms with Crippen molar-refractivity contribution in [1.82, 2.24) is 0 Å². The van der Waals surface area contributed by atoms with Crippen molar-refractivity contribution in [2.45, 2.75) is 6.42 Å². The number of esters is 2. The predicted octanol–water partition coefficient (Wildman–Crippen LogP) is 2.63. The lowest BCUT2D eigenvalue weighted by atomic mass is 10.1. The highest BCUT2D eigenvalue weighted by molar-refractivity contribution is 5.90. The number of benzene rings is 2. The molecule has 0 saturated heterocycles. The van der Waals surface area contributed by atoms with E-state index in [1.165, 1.54) is 13.2 Å². The van der Waals surface area contributed by atoms with Crippen LogP contribution in [0.25, 0.3) is 0 Å². The first-order valence-corrected chi connectivity index (χ1v) is 6.64. The molecular weight excluding hydrogens is 284 g/mol. The lowest BCUT2D eigenvalue weighted by Gasteiger charge is -2.06. The van der Waals surface area contributed by atoms with Gasteiger partial charge in [-0.3, -0.25) is 4.79 Å². The van der Waals surface area contributed by atoms with Gasteiger partial charge in [0.05, 0.1) is 26.2 Å². The maximum absolute atomic E-state index is 11.9. The first kappa shape index (κ1) is 15.6. The van der Waals surface area contributed by atoms with Gasteiger partial charge < -0.3 is 14.2 Å². The van der Waals surface area contributed by atoms with Crippen LogP contribution >= 0.6 is 0 Å². The monoisotopic (exact) mass is 300 g/mol. The Labute approximate surface area is 128 Å². The summed E-state index contributed by atoms with van der Waals surface area (Å²) < 4.78 is 14.9. The van der Waals surface area contributed by atoms with Gasteiger partial charge in [-0.25, -0.2) is 4.79 Å². The zero-order valence-electron chi connectivity index (χ0n) is 12.4. The van der Waals surface area contributed by atoms with Crippen molar-refractivity contribution in [2.24, 2.45) is 0 Å². The van der Waals surface area contributed by atoms with Crippen LogP contribution in [0.4, 0.5) is 0 Å². The van der Waals surface area contributed by atoms with Gasteiger partial charge in [0.2, 0.25) is 0 Å². The molecule has 5 nitrogen and oxygen atoms in total. The second-order valence-electron chi connectivity index (χ2n) is 4.52. The second kappa shape index (κ2) is 7.26. The van der Waals surface area contributed by atoms with Gasteiger partial charge in [0.25, 0.3) is 0 Å². The third-order valence-corrected chi connectivity index (χ3v) is 2.99. The highest BCUT2D eigenvalue weighted by atomic mass is 16.5. The summed E-state index contributed by atoms with van der Waals surface area (Å²) in [4.78, 5) is 23.3. The summed E-state index contributed by atoms with van der Waals surface area (Å²) in [6.07, 6.45) is 0.131. The van der Waals surface area contributed by atoms with Crippen LogP contribution < -0.4 is 9.47 Å². The molecule has 0 aromatic heterocycles. The summed E-state index contributed by atoms with van der Waals surface area (Å²) in [5, 5.41) is 0. The van der Waals surface area contributed by atoms with Crippen LogP contribution in [0.1, 0.15) is 15.9 Å². The highest BCUT2D eigenvalue weighted by Gasteiger charge is 2.10. The number of carbonyl (C=O) groups excluding carboxylic acids is 2. The number of carbonyl (C=O) groups is 2. The number of ether oxygens (including phenoxy) is 3. The molecule has 0 bridgehead atoms. The molecule has 0 spiro atoms. The normalized spacial score (nSPS) is 9.91. The first-order valence-electron chi connectivity index (χ1n) is 6.64. The topological polar surface area (TPSA) is 61.8 Å². The maximum atomic E-state index is 11.9. The van der Waals surface area contributed by atoms with Gasteiger partial charge in [-0.05, 0) is 35.9 Å². The summed E-state index contributed by atoms with van der Waals surface area (Å²) >= 11 is 0. The van der Waals surface area contributed by atoms with Crippen LogP contribution in [0.3, 0.4) is 0 Å². The fourth-order valence-electron chi connectivity index (χ4n) is 1.88. The van der Waals surface area contributed by atoms with Crippen molar-refractivity contribution in [2.75, 3.05) is 14.2 Å². The largest absolute Gasteiger partial charge is 0.497 e. The molecule has 114 valence electrons. The summed E-state index contributed by atoms with van der Waals surface area (Å²) in [7, 11) is 2.88. The molecule has 0 aliphatic carbocycles. The van der Waals surface area contributed by atoms with E-state index in [4.69, 9.17) is 9.47 Å². The molecule has 0 atom stereocenters. The SMILES string of the molecule is COC(=O)c1cccc(OC(=O)Cc2ccc(OC)cc2)c1. The molecule has 5 heteroatoms. The van der Waals surface area contributed by atoms with E-state index < -0.39 is 11.9 Å². The highest BCUT2D eigenvalue weighted by Crippen LogP contribution is 2.16. The van der Waals surface area contributed by atoms with Crippen LogP contribution in [0.5, 0.6) is 11.5 Å². The van der Waals surface area contributed by atoms with Crippen molar-refractivity contribution in [1.29, 1.82) is 0 Å². The summed E-state index contributed by atoms with van der Waals surface area (Å²) in [6, 6.07) is 13.4. The average molecular weight is 300 g/mol. The van der Waals surface area contributed by atoms with Gasteiger partial charge in [-0.15, -0.1) is 0 Å². The molecular formula is C17H16O5. The van der Waals surface area contributed by atoms with Gasteiger partial charge in [0.1, 0.15) is 11.5 Å². The smallest absolute Gasteiger partial charge is 0.337 e. The quantitative estimate of drug-likeness (QED) is 0.627. The average Bonchev–Trinajstić information content (AvgIpc) is 2.55. The third kappa shape index (κ3) is 4.09. The minimum atomic E-state index is -0.479. The summed E-state index contributed by atoms with van der Waals surface area (Å²) in [5.74, 6) is 0.143. The molecule has 0 radical (unpaired) electrons. The molecule has 0 aliphatic rings. The zero-order valence-corrected chi connectivity index (χ0v) is 12.4. The molecule has 0 N–H and O–H groups in total. The Morgan fingerprint density at radius 2 is 1.68 bits per heavy atom. The van der Waals surface area contributed by atoms with Gasteiger partial charge >= 0.3 is 11.9 Å². The van der Waals surface area contributed by atoms with E-state index in [2.05, 4.69) is 4.74 Å². The van der Waals surface area contributed by atoms with E-state index in [1.54, 1.807) is 49.6 Å². The molecule has 0 fully saturated rings. The lowest BCUT2D eigenvalue weighted by Crippen LogP contribution is -2.11. The van der Waals surface area contributed by atoms with Gasteiger partial charge in [0, 0.05) is 0 Å². The van der Waals surface area contributed by atoms with Crippen molar-refractivity contribution in [3.8, 4) is 11.5 Å². The van der Waals surface area contributed by atoms with Crippen LogP contribution in [-0.4, -0.2) is 26.2 Å². The zero-order chi connectivity index (χ0) is 15.9. The molecule has 2 aromatic carbocycles. The van der Waals surface area contributed by atoms with E-state index in [1.807, 2.05) is 0 Å². The standard InChI is InChI=1S/C17H16O5/c1-20-14-8-6-12(7-9-14)10-16(18)22-15-5-3-4-13(11-15)17(19)21-2/h3-9,11H,10H2,1-2H3. The Bertz CT molecular complexity index is 661. The Morgan fingerprint density at radius 1 is 0.955 bits per heavy atom. The van der Waals surface area contributed by atoms with Gasteiger partial charge in [-0.2, -0.15) is 0 Å². The second-order valence-corrected chi connectivity index (χ2v) is 4.52.